The largest absolute Gasteiger partial charge is 0.392 e. The van der Waals surface area contributed by atoms with Crippen molar-refractivity contribution in [3.63, 3.8) is 0 Å². The third-order valence-corrected chi connectivity index (χ3v) is 14.9. The van der Waals surface area contributed by atoms with Crippen LogP contribution < -0.4 is 0 Å². The van der Waals surface area contributed by atoms with Gasteiger partial charge in [-0.05, 0) is 37.8 Å². The van der Waals surface area contributed by atoms with Crippen LogP contribution in [0.3, 0.4) is 0 Å². The lowest BCUT2D eigenvalue weighted by Crippen LogP contribution is -2.39. The Balaban J connectivity index is 4.96. The molecule has 10 heteroatoms. The first-order chi connectivity index (χ1) is 33.1. The summed E-state index contributed by atoms with van der Waals surface area (Å²) >= 11 is 2.46. The molecule has 68 heavy (non-hydrogen) atoms. The van der Waals surface area contributed by atoms with Crippen molar-refractivity contribution in [2.75, 3.05) is 50.8 Å². The minimum atomic E-state index is -0.443. The molecule has 0 aliphatic rings. The zero-order valence-electron chi connectivity index (χ0n) is 45.0. The number of unbranched alkanes of at least 4 members (excludes halogenated alkanes) is 28. The second-order valence-corrected chi connectivity index (χ2v) is 22.4. The van der Waals surface area contributed by atoms with E-state index in [0.29, 0.717) is 50.8 Å². The minimum Gasteiger partial charge on any atom is -0.392 e. The van der Waals surface area contributed by atoms with Crippen molar-refractivity contribution in [3.8, 4) is 0 Å². The maximum Gasteiger partial charge on any atom is 0.212 e. The molecule has 0 saturated carbocycles. The van der Waals surface area contributed by atoms with Gasteiger partial charge in [-0.15, -0.1) is 0 Å². The second-order valence-electron chi connectivity index (χ2n) is 20.2. The molecule has 4 N–H and O–H groups in total. The first-order valence-corrected chi connectivity index (χ1v) is 31.0. The van der Waals surface area contributed by atoms with Crippen LogP contribution in [0.5, 0.6) is 0 Å². The minimum absolute atomic E-state index is 0.0830. The lowest BCUT2D eigenvalue weighted by molar-refractivity contribution is -0.107. The lowest BCUT2D eigenvalue weighted by atomic mass is 10.0. The van der Waals surface area contributed by atoms with Crippen LogP contribution >= 0.6 is 23.5 Å². The fraction of sp³-hybridized carbons (Fsp3) is 0.897. The summed E-state index contributed by atoms with van der Waals surface area (Å²) < 4.78 is 0. The van der Waals surface area contributed by atoms with Crippen LogP contribution in [0.15, 0.2) is 24.3 Å². The molecule has 0 rings (SSSR count). The third-order valence-electron chi connectivity index (χ3n) is 13.3. The number of rotatable bonds is 53. The quantitative estimate of drug-likeness (QED) is 0.0266. The van der Waals surface area contributed by atoms with Crippen LogP contribution in [0.2, 0.25) is 0 Å². The number of carbonyl (C=O) groups excluding carboxylic acids is 2. The lowest BCUT2D eigenvalue weighted by Gasteiger charge is -2.27. The topological polar surface area (TPSA) is 122 Å². The van der Waals surface area contributed by atoms with Gasteiger partial charge in [0, 0.05) is 50.8 Å². The van der Waals surface area contributed by atoms with E-state index in [-0.39, 0.29) is 10.2 Å². The smallest absolute Gasteiger partial charge is 0.212 e. The van der Waals surface area contributed by atoms with Crippen LogP contribution in [0.4, 0.5) is 0 Å². The van der Waals surface area contributed by atoms with Gasteiger partial charge in [-0.2, -0.15) is 0 Å². The van der Waals surface area contributed by atoms with E-state index in [0.717, 1.165) is 77.0 Å². The monoisotopic (exact) mass is 997 g/mol. The Kier molecular flexibility index (Phi) is 52.0. The molecule has 0 aliphatic carbocycles. The molecule has 8 nitrogen and oxygen atoms in total. The zero-order valence-corrected chi connectivity index (χ0v) is 46.7. The van der Waals surface area contributed by atoms with Crippen LogP contribution in [-0.4, -0.2) is 116 Å². The first-order valence-electron chi connectivity index (χ1n) is 29.0. The van der Waals surface area contributed by atoms with Crippen molar-refractivity contribution < 1.29 is 30.0 Å². The molecule has 0 aliphatic heterocycles. The summed E-state index contributed by atoms with van der Waals surface area (Å²) in [6.07, 6.45) is 47.0. The van der Waals surface area contributed by atoms with Crippen LogP contribution in [-0.2, 0) is 9.59 Å². The number of thioether (sulfide) groups is 2. The Hall–Kier alpha value is -0.720. The van der Waals surface area contributed by atoms with E-state index in [9.17, 15) is 30.0 Å². The average molecular weight is 998 g/mol. The molecule has 0 spiro atoms. The summed E-state index contributed by atoms with van der Waals surface area (Å²) in [5, 5.41) is 43.7. The second kappa shape index (κ2) is 52.6. The van der Waals surface area contributed by atoms with E-state index in [1.54, 1.807) is 12.2 Å². The summed E-state index contributed by atoms with van der Waals surface area (Å²) in [5.41, 5.74) is 0. The maximum atomic E-state index is 12.8. The molecule has 0 amide bonds. The number of aliphatic hydroxyl groups is 4. The van der Waals surface area contributed by atoms with Crippen LogP contribution in [0.25, 0.3) is 0 Å². The standard InChI is InChI=1S/C58H112N2O6S2/c1-5-9-13-17-21-25-29-33-39-53(61)49-59(50-54(62)40-34-30-26-22-18-14-10-6-2)45-47-67-57(65)43-37-38-44-58(66)68-48-46-60(51-55(63)41-35-31-27-23-19-15-11-7-3)52-56(64)42-36-32-28-24-20-16-12-8-4/h37-38,43-44,53-56,61-64H,5-36,39-42,45-52H2,1-4H3/b43-37+,44-38+. The number of carbonyl (C=O) groups is 2. The summed E-state index contributed by atoms with van der Waals surface area (Å²) in [6, 6.07) is 0. The number of nitrogens with zero attached hydrogens (tertiary/aromatic N) is 2. The number of hydrogen-bond acceptors (Lipinski definition) is 10. The van der Waals surface area contributed by atoms with Crippen LogP contribution in [0, 0.1) is 0 Å². The van der Waals surface area contributed by atoms with E-state index < -0.39 is 24.4 Å². The first kappa shape index (κ1) is 67.3. The summed E-state index contributed by atoms with van der Waals surface area (Å²) in [4.78, 5) is 29.9. The van der Waals surface area contributed by atoms with Gasteiger partial charge < -0.3 is 20.4 Å². The van der Waals surface area contributed by atoms with E-state index in [2.05, 4.69) is 37.5 Å². The maximum absolute atomic E-state index is 12.8. The number of hydrogen-bond donors (Lipinski definition) is 4. The summed E-state index contributed by atoms with van der Waals surface area (Å²) in [6.45, 7) is 12.2. The van der Waals surface area contributed by atoms with Gasteiger partial charge >= 0.3 is 0 Å². The number of allylic oxidation sites excluding steroid dienone is 2. The fourth-order valence-corrected chi connectivity index (χ4v) is 10.5. The van der Waals surface area contributed by atoms with Gasteiger partial charge in [0.1, 0.15) is 0 Å². The Morgan fingerprint density at radius 2 is 0.559 bits per heavy atom. The SMILES string of the molecule is CCCCCCCCCCC(O)CN(CCSC(=O)/C=C/C=C/C(=O)SCCN(CC(O)CCCCCCCCCC)CC(O)CCCCCCCCCC)CC(O)CCCCCCCCCC. The molecule has 0 radical (unpaired) electrons. The molecule has 0 bridgehead atoms. The molecule has 0 aromatic heterocycles. The molecule has 4 unspecified atom stereocenters. The highest BCUT2D eigenvalue weighted by Gasteiger charge is 2.18. The molecule has 402 valence electrons. The molecule has 4 atom stereocenters. The highest BCUT2D eigenvalue weighted by molar-refractivity contribution is 8.14. The van der Waals surface area contributed by atoms with Gasteiger partial charge in [0.25, 0.3) is 0 Å². The van der Waals surface area contributed by atoms with E-state index in [4.69, 9.17) is 0 Å². The normalized spacial score (nSPS) is 14.0. The predicted molar refractivity (Wildman–Crippen MR) is 299 cm³/mol. The highest BCUT2D eigenvalue weighted by Crippen LogP contribution is 2.17. The van der Waals surface area contributed by atoms with Crippen molar-refractivity contribution in [1.82, 2.24) is 9.80 Å². The van der Waals surface area contributed by atoms with Gasteiger partial charge in [0.2, 0.25) is 10.2 Å². The van der Waals surface area contributed by atoms with E-state index in [1.807, 2.05) is 0 Å². The van der Waals surface area contributed by atoms with Gasteiger partial charge in [-0.25, -0.2) is 0 Å². The van der Waals surface area contributed by atoms with Gasteiger partial charge in [-0.1, -0.05) is 269 Å². The molecule has 0 aromatic carbocycles. The molecule has 0 heterocycles. The number of aliphatic hydroxyl groups excluding tert-OH is 4. The predicted octanol–water partition coefficient (Wildman–Crippen LogP) is 14.8. The Bertz CT molecular complexity index is 1000. The van der Waals surface area contributed by atoms with Gasteiger partial charge in [0.05, 0.1) is 24.4 Å². The molecule has 0 aromatic rings. The molecule has 0 saturated heterocycles. The Morgan fingerprint density at radius 3 is 0.779 bits per heavy atom. The van der Waals surface area contributed by atoms with Crippen LogP contribution in [0.1, 0.15) is 259 Å². The molecule has 0 fully saturated rings. The van der Waals surface area contributed by atoms with E-state index >= 15 is 0 Å². The average Bonchev–Trinajstić information content (AvgIpc) is 3.31. The Labute approximate surface area is 429 Å². The van der Waals surface area contributed by atoms with Crippen molar-refractivity contribution in [1.29, 1.82) is 0 Å². The van der Waals surface area contributed by atoms with Gasteiger partial charge in [0.15, 0.2) is 0 Å². The summed E-state index contributed by atoms with van der Waals surface area (Å²) in [5.74, 6) is 1.13. The zero-order chi connectivity index (χ0) is 50.0. The van der Waals surface area contributed by atoms with Crippen molar-refractivity contribution >= 4 is 33.8 Å². The summed E-state index contributed by atoms with van der Waals surface area (Å²) in [7, 11) is 0. The molecular formula is C58H112N2O6S2. The third kappa shape index (κ3) is 48.9. The van der Waals surface area contributed by atoms with Gasteiger partial charge in [-0.3, -0.25) is 19.4 Å². The van der Waals surface area contributed by atoms with E-state index in [1.165, 1.54) is 190 Å². The fourth-order valence-electron chi connectivity index (χ4n) is 9.04. The highest BCUT2D eigenvalue weighted by atomic mass is 32.2. The van der Waals surface area contributed by atoms with Crippen molar-refractivity contribution in [3.05, 3.63) is 24.3 Å². The van der Waals surface area contributed by atoms with Crippen molar-refractivity contribution in [2.24, 2.45) is 0 Å². The molecular weight excluding hydrogens is 885 g/mol. The Morgan fingerprint density at radius 1 is 0.353 bits per heavy atom. The van der Waals surface area contributed by atoms with Crippen molar-refractivity contribution in [2.45, 2.75) is 283 Å².